The van der Waals surface area contributed by atoms with Gasteiger partial charge in [-0.15, -0.1) is 0 Å². The smallest absolute Gasteiger partial charge is 0.139 e. The van der Waals surface area contributed by atoms with Crippen molar-refractivity contribution in [1.29, 1.82) is 0 Å². The van der Waals surface area contributed by atoms with Crippen LogP contribution >= 0.6 is 15.9 Å². The van der Waals surface area contributed by atoms with E-state index < -0.39 is 5.83 Å². The molecule has 0 fully saturated rings. The Balaban J connectivity index is 2.53. The summed E-state index contributed by atoms with van der Waals surface area (Å²) in [6.45, 7) is 3.01. The lowest BCUT2D eigenvalue weighted by Gasteiger charge is -2.02. The van der Waals surface area contributed by atoms with E-state index in [0.29, 0.717) is 5.75 Å². The Labute approximate surface area is 79.0 Å². The number of benzene rings is 1. The fourth-order valence-electron chi connectivity index (χ4n) is 0.692. The van der Waals surface area contributed by atoms with Crippen molar-refractivity contribution in [2.75, 3.05) is 6.61 Å². The number of hydrogen-bond acceptors (Lipinski definition) is 1. The van der Waals surface area contributed by atoms with Crippen molar-refractivity contribution < 1.29 is 9.13 Å². The van der Waals surface area contributed by atoms with Gasteiger partial charge in [0, 0.05) is 4.47 Å². The first kappa shape index (κ1) is 9.26. The molecule has 0 unspecified atom stereocenters. The second-order valence-corrected chi connectivity index (χ2v) is 3.18. The molecule has 12 heavy (non-hydrogen) atoms. The first-order valence-electron chi connectivity index (χ1n) is 3.40. The van der Waals surface area contributed by atoms with Gasteiger partial charge in [-0.3, -0.25) is 0 Å². The van der Waals surface area contributed by atoms with Crippen LogP contribution in [0.3, 0.4) is 0 Å². The lowest BCUT2D eigenvalue weighted by Crippen LogP contribution is -1.95. The molecule has 1 aromatic carbocycles. The maximum Gasteiger partial charge on any atom is 0.139 e. The summed E-state index contributed by atoms with van der Waals surface area (Å²) in [6, 6.07) is 7.17. The Morgan fingerprint density at radius 1 is 1.42 bits per heavy atom. The molecule has 0 heterocycles. The van der Waals surface area contributed by atoms with Crippen LogP contribution in [-0.2, 0) is 0 Å². The Kier molecular flexibility index (Phi) is 3.29. The summed E-state index contributed by atoms with van der Waals surface area (Å²) in [5.74, 6) is 0.162. The summed E-state index contributed by atoms with van der Waals surface area (Å²) < 4.78 is 18.1. The minimum absolute atomic E-state index is 0.0817. The molecular weight excluding hydrogens is 223 g/mol. The third-order valence-corrected chi connectivity index (χ3v) is 1.74. The van der Waals surface area contributed by atoms with Gasteiger partial charge in [0.15, 0.2) is 0 Å². The molecule has 0 aliphatic heterocycles. The predicted octanol–water partition coefficient (Wildman–Crippen LogP) is 3.31. The SMILES string of the molecule is C=C(F)COc1ccc(Br)cc1. The highest BCUT2D eigenvalue weighted by atomic mass is 79.9. The summed E-state index contributed by atoms with van der Waals surface area (Å²) in [7, 11) is 0. The van der Waals surface area contributed by atoms with Crippen molar-refractivity contribution in [1.82, 2.24) is 0 Å². The first-order chi connectivity index (χ1) is 5.68. The van der Waals surface area contributed by atoms with Gasteiger partial charge in [0.2, 0.25) is 0 Å². The normalized spacial score (nSPS) is 9.50. The van der Waals surface area contributed by atoms with E-state index >= 15 is 0 Å². The lowest BCUT2D eigenvalue weighted by atomic mass is 10.3. The highest BCUT2D eigenvalue weighted by Crippen LogP contribution is 2.16. The molecule has 0 aliphatic carbocycles. The molecule has 0 amide bonds. The van der Waals surface area contributed by atoms with Gasteiger partial charge in [-0.2, -0.15) is 0 Å². The second kappa shape index (κ2) is 4.26. The standard InChI is InChI=1S/C9H8BrFO/c1-7(11)6-12-9-4-2-8(10)3-5-9/h2-5H,1,6H2. The monoisotopic (exact) mass is 230 g/mol. The van der Waals surface area contributed by atoms with Crippen LogP contribution in [0, 0.1) is 0 Å². The maximum absolute atomic E-state index is 12.1. The predicted molar refractivity (Wildman–Crippen MR) is 49.9 cm³/mol. The van der Waals surface area contributed by atoms with Crippen LogP contribution in [0.2, 0.25) is 0 Å². The van der Waals surface area contributed by atoms with Gasteiger partial charge in [0.25, 0.3) is 0 Å². The van der Waals surface area contributed by atoms with Crippen molar-refractivity contribution in [3.05, 3.63) is 41.1 Å². The minimum atomic E-state index is -0.474. The summed E-state index contributed by atoms with van der Waals surface area (Å²) in [5.41, 5.74) is 0. The summed E-state index contributed by atoms with van der Waals surface area (Å²) in [4.78, 5) is 0. The second-order valence-electron chi connectivity index (χ2n) is 2.26. The number of halogens is 2. The molecule has 0 aliphatic rings. The molecule has 0 saturated carbocycles. The van der Waals surface area contributed by atoms with Gasteiger partial charge < -0.3 is 4.74 Å². The van der Waals surface area contributed by atoms with E-state index in [2.05, 4.69) is 22.5 Å². The van der Waals surface area contributed by atoms with E-state index in [4.69, 9.17) is 4.74 Å². The molecule has 0 bridgehead atoms. The van der Waals surface area contributed by atoms with E-state index in [1.807, 2.05) is 12.1 Å². The minimum Gasteiger partial charge on any atom is -0.487 e. The van der Waals surface area contributed by atoms with Crippen LogP contribution in [0.1, 0.15) is 0 Å². The zero-order valence-corrected chi connectivity index (χ0v) is 7.97. The summed E-state index contributed by atoms with van der Waals surface area (Å²) in [6.07, 6.45) is 0. The van der Waals surface area contributed by atoms with E-state index in [-0.39, 0.29) is 6.61 Å². The quantitative estimate of drug-likeness (QED) is 0.775. The van der Waals surface area contributed by atoms with Gasteiger partial charge in [-0.25, -0.2) is 4.39 Å². The van der Waals surface area contributed by atoms with E-state index in [0.717, 1.165) is 4.47 Å². The van der Waals surface area contributed by atoms with Gasteiger partial charge in [-0.05, 0) is 24.3 Å². The van der Waals surface area contributed by atoms with E-state index in [1.165, 1.54) is 0 Å². The topological polar surface area (TPSA) is 9.23 Å². The van der Waals surface area contributed by atoms with E-state index in [1.54, 1.807) is 12.1 Å². The molecule has 1 rings (SSSR count). The molecular formula is C9H8BrFO. The zero-order chi connectivity index (χ0) is 8.97. The van der Waals surface area contributed by atoms with Crippen LogP contribution in [0.15, 0.2) is 41.1 Å². The van der Waals surface area contributed by atoms with Crippen LogP contribution in [0.5, 0.6) is 5.75 Å². The average Bonchev–Trinajstić information content (AvgIpc) is 2.03. The third kappa shape index (κ3) is 3.05. The van der Waals surface area contributed by atoms with Gasteiger partial charge in [0.05, 0.1) is 0 Å². The molecule has 64 valence electrons. The third-order valence-electron chi connectivity index (χ3n) is 1.21. The molecule has 0 radical (unpaired) electrons. The van der Waals surface area contributed by atoms with Crippen molar-refractivity contribution in [2.24, 2.45) is 0 Å². The molecule has 0 N–H and O–H groups in total. The molecule has 0 atom stereocenters. The zero-order valence-electron chi connectivity index (χ0n) is 6.39. The largest absolute Gasteiger partial charge is 0.487 e. The van der Waals surface area contributed by atoms with Crippen LogP contribution in [0.25, 0.3) is 0 Å². The Morgan fingerprint density at radius 2 is 2.00 bits per heavy atom. The van der Waals surface area contributed by atoms with Crippen LogP contribution < -0.4 is 4.74 Å². The van der Waals surface area contributed by atoms with E-state index in [9.17, 15) is 4.39 Å². The maximum atomic E-state index is 12.1. The van der Waals surface area contributed by atoms with Gasteiger partial charge in [0.1, 0.15) is 18.2 Å². The average molecular weight is 231 g/mol. The highest BCUT2D eigenvalue weighted by Gasteiger charge is 1.94. The molecule has 1 aromatic rings. The first-order valence-corrected chi connectivity index (χ1v) is 4.19. The summed E-state index contributed by atoms with van der Waals surface area (Å²) in [5, 5.41) is 0. The van der Waals surface area contributed by atoms with Crippen molar-refractivity contribution >= 4 is 15.9 Å². The van der Waals surface area contributed by atoms with Crippen LogP contribution in [-0.4, -0.2) is 6.61 Å². The Hall–Kier alpha value is -0.830. The lowest BCUT2D eigenvalue weighted by molar-refractivity contribution is 0.320. The number of ether oxygens (including phenoxy) is 1. The fraction of sp³-hybridized carbons (Fsp3) is 0.111. The molecule has 1 nitrogen and oxygen atoms in total. The Morgan fingerprint density at radius 3 is 2.50 bits per heavy atom. The molecule has 3 heteroatoms. The molecule has 0 aromatic heterocycles. The molecule has 0 spiro atoms. The van der Waals surface area contributed by atoms with Crippen LogP contribution in [0.4, 0.5) is 4.39 Å². The fourth-order valence-corrected chi connectivity index (χ4v) is 0.957. The van der Waals surface area contributed by atoms with Gasteiger partial charge >= 0.3 is 0 Å². The van der Waals surface area contributed by atoms with Gasteiger partial charge in [-0.1, -0.05) is 22.5 Å². The number of rotatable bonds is 3. The van der Waals surface area contributed by atoms with Crippen molar-refractivity contribution in [3.63, 3.8) is 0 Å². The summed E-state index contributed by atoms with van der Waals surface area (Å²) >= 11 is 3.28. The van der Waals surface area contributed by atoms with Crippen molar-refractivity contribution in [2.45, 2.75) is 0 Å². The Bertz CT molecular complexity index is 268. The number of hydrogen-bond donors (Lipinski definition) is 0. The highest BCUT2D eigenvalue weighted by molar-refractivity contribution is 9.10. The molecule has 0 saturated heterocycles. The van der Waals surface area contributed by atoms with Crippen molar-refractivity contribution in [3.8, 4) is 5.75 Å².